The van der Waals surface area contributed by atoms with Crippen LogP contribution >= 0.6 is 0 Å². The first-order chi connectivity index (χ1) is 9.55. The van der Waals surface area contributed by atoms with Gasteiger partial charge in [-0.15, -0.1) is 0 Å². The van der Waals surface area contributed by atoms with Gasteiger partial charge >= 0.3 is 5.97 Å². The number of halogens is 1. The van der Waals surface area contributed by atoms with Gasteiger partial charge in [0.25, 0.3) is 0 Å². The van der Waals surface area contributed by atoms with Crippen molar-refractivity contribution >= 4 is 5.97 Å². The van der Waals surface area contributed by atoms with E-state index in [1.165, 1.54) is 6.07 Å². The monoisotopic (exact) mass is 278 g/mol. The maximum absolute atomic E-state index is 14.4. The highest BCUT2D eigenvalue weighted by atomic mass is 19.1. The summed E-state index contributed by atoms with van der Waals surface area (Å²) in [5, 5.41) is 9.56. The van der Waals surface area contributed by atoms with E-state index in [0.29, 0.717) is 18.4 Å². The van der Waals surface area contributed by atoms with Crippen LogP contribution in [-0.2, 0) is 10.2 Å². The summed E-state index contributed by atoms with van der Waals surface area (Å²) in [5.41, 5.74) is 0.486. The molecule has 2 rings (SSSR count). The highest BCUT2D eigenvalue weighted by Crippen LogP contribution is 2.42. The van der Waals surface area contributed by atoms with E-state index in [1.54, 1.807) is 6.07 Å². The molecule has 1 aliphatic rings. The van der Waals surface area contributed by atoms with Gasteiger partial charge in [0, 0.05) is 0 Å². The van der Waals surface area contributed by atoms with Crippen LogP contribution in [0.4, 0.5) is 4.39 Å². The fourth-order valence-corrected chi connectivity index (χ4v) is 3.49. The number of benzene rings is 1. The molecule has 2 nitrogen and oxygen atoms in total. The van der Waals surface area contributed by atoms with E-state index in [4.69, 9.17) is 0 Å². The molecule has 0 unspecified atom stereocenters. The molecule has 0 bridgehead atoms. The van der Waals surface area contributed by atoms with Crippen LogP contribution in [0.25, 0.3) is 0 Å². The normalized spacial score (nSPS) is 17.6. The fourth-order valence-electron chi connectivity index (χ4n) is 3.49. The van der Waals surface area contributed by atoms with Crippen LogP contribution in [0, 0.1) is 5.82 Å². The van der Waals surface area contributed by atoms with E-state index in [9.17, 15) is 14.3 Å². The first-order valence-electron chi connectivity index (χ1n) is 7.58. The average molecular weight is 278 g/mol. The smallest absolute Gasteiger partial charge is 0.314 e. The third kappa shape index (κ3) is 2.46. The van der Waals surface area contributed by atoms with Gasteiger partial charge in [0.1, 0.15) is 5.82 Å². The molecule has 1 aromatic rings. The van der Waals surface area contributed by atoms with Crippen LogP contribution < -0.4 is 0 Å². The number of hydrogen-bond donors (Lipinski definition) is 1. The summed E-state index contributed by atoms with van der Waals surface area (Å²) in [6.07, 6.45) is 4.84. The molecule has 110 valence electrons. The second-order valence-corrected chi connectivity index (χ2v) is 5.84. The van der Waals surface area contributed by atoms with Crippen molar-refractivity contribution < 1.29 is 14.3 Å². The molecule has 0 saturated heterocycles. The molecule has 3 heteroatoms. The minimum absolute atomic E-state index is 0.216. The first-order valence-corrected chi connectivity index (χ1v) is 7.58. The Bertz CT molecular complexity index is 486. The van der Waals surface area contributed by atoms with Gasteiger partial charge < -0.3 is 5.11 Å². The van der Waals surface area contributed by atoms with Gasteiger partial charge in [0.15, 0.2) is 0 Å². The number of aliphatic carboxylic acids is 1. The van der Waals surface area contributed by atoms with Crippen LogP contribution in [0.1, 0.15) is 69.4 Å². The Labute approximate surface area is 120 Å². The number of carboxylic acid groups (broad SMARTS) is 1. The maximum atomic E-state index is 14.4. The Kier molecular flexibility index (Phi) is 4.46. The minimum Gasteiger partial charge on any atom is -0.481 e. The van der Waals surface area contributed by atoms with Crippen molar-refractivity contribution in [3.63, 3.8) is 0 Å². The van der Waals surface area contributed by atoms with Gasteiger partial charge in [-0.2, -0.15) is 0 Å². The van der Waals surface area contributed by atoms with Crippen LogP contribution in [0.2, 0.25) is 0 Å². The molecule has 0 aliphatic heterocycles. The van der Waals surface area contributed by atoms with Crippen LogP contribution in [0.5, 0.6) is 0 Å². The fraction of sp³-hybridized carbons (Fsp3) is 0.588. The van der Waals surface area contributed by atoms with E-state index in [-0.39, 0.29) is 11.7 Å². The quantitative estimate of drug-likeness (QED) is 0.853. The topological polar surface area (TPSA) is 37.3 Å². The van der Waals surface area contributed by atoms with Crippen molar-refractivity contribution in [3.8, 4) is 0 Å². The molecule has 1 aromatic carbocycles. The number of carboxylic acids is 1. The van der Waals surface area contributed by atoms with Gasteiger partial charge in [-0.3, -0.25) is 4.79 Å². The zero-order valence-electron chi connectivity index (χ0n) is 12.3. The summed E-state index contributed by atoms with van der Waals surface area (Å²) in [4.78, 5) is 11.6. The molecule has 0 amide bonds. The van der Waals surface area contributed by atoms with Crippen LogP contribution in [-0.4, -0.2) is 11.1 Å². The Morgan fingerprint density at radius 2 is 1.90 bits per heavy atom. The van der Waals surface area contributed by atoms with Gasteiger partial charge in [0.05, 0.1) is 5.41 Å². The third-order valence-corrected chi connectivity index (χ3v) is 4.84. The van der Waals surface area contributed by atoms with E-state index in [1.807, 2.05) is 6.07 Å². The molecule has 0 radical (unpaired) electrons. The number of hydrogen-bond acceptors (Lipinski definition) is 1. The molecular formula is C17H23FO2. The molecule has 1 saturated carbocycles. The molecule has 0 spiro atoms. The molecule has 1 aliphatic carbocycles. The van der Waals surface area contributed by atoms with Crippen molar-refractivity contribution in [1.29, 1.82) is 0 Å². The lowest BCUT2D eigenvalue weighted by Crippen LogP contribution is -2.32. The Balaban J connectivity index is 2.40. The summed E-state index contributed by atoms with van der Waals surface area (Å²) >= 11 is 0. The predicted molar refractivity (Wildman–Crippen MR) is 77.5 cm³/mol. The highest BCUT2D eigenvalue weighted by Gasteiger charge is 2.43. The maximum Gasteiger partial charge on any atom is 0.314 e. The lowest BCUT2D eigenvalue weighted by molar-refractivity contribution is -0.143. The van der Waals surface area contributed by atoms with Gasteiger partial charge in [-0.25, -0.2) is 4.39 Å². The van der Waals surface area contributed by atoms with Crippen molar-refractivity contribution in [2.24, 2.45) is 0 Å². The first kappa shape index (κ1) is 15.0. The molecular weight excluding hydrogens is 255 g/mol. The average Bonchev–Trinajstić information content (AvgIpc) is 2.92. The summed E-state index contributed by atoms with van der Waals surface area (Å²) in [7, 11) is 0. The summed E-state index contributed by atoms with van der Waals surface area (Å²) in [5.74, 6) is -0.846. The molecule has 1 fully saturated rings. The summed E-state index contributed by atoms with van der Waals surface area (Å²) in [6.45, 7) is 4.11. The van der Waals surface area contributed by atoms with Crippen molar-refractivity contribution in [3.05, 3.63) is 35.1 Å². The van der Waals surface area contributed by atoms with Crippen molar-refractivity contribution in [2.45, 2.75) is 63.7 Å². The van der Waals surface area contributed by atoms with E-state index < -0.39 is 11.4 Å². The van der Waals surface area contributed by atoms with Gasteiger partial charge in [-0.05, 0) is 48.8 Å². The van der Waals surface area contributed by atoms with Crippen molar-refractivity contribution in [1.82, 2.24) is 0 Å². The largest absolute Gasteiger partial charge is 0.481 e. The van der Waals surface area contributed by atoms with Gasteiger partial charge in [-0.1, -0.05) is 38.8 Å². The van der Waals surface area contributed by atoms with E-state index in [2.05, 4.69) is 13.8 Å². The Morgan fingerprint density at radius 1 is 1.30 bits per heavy atom. The van der Waals surface area contributed by atoms with E-state index in [0.717, 1.165) is 31.2 Å². The SMILES string of the molecule is CCC(CC)c1ccc(C2(C(=O)O)CCCC2)cc1F. The molecule has 1 N–H and O–H groups in total. The highest BCUT2D eigenvalue weighted by molar-refractivity contribution is 5.81. The predicted octanol–water partition coefficient (Wildman–Crippen LogP) is 4.63. The lowest BCUT2D eigenvalue weighted by Gasteiger charge is -2.25. The van der Waals surface area contributed by atoms with Gasteiger partial charge in [0.2, 0.25) is 0 Å². The Morgan fingerprint density at radius 3 is 2.35 bits per heavy atom. The standard InChI is InChI=1S/C17H23FO2/c1-3-12(4-2)14-8-7-13(11-15(14)18)17(16(19)20)9-5-6-10-17/h7-8,11-12H,3-6,9-10H2,1-2H3,(H,19,20). The van der Waals surface area contributed by atoms with Crippen LogP contribution in [0.15, 0.2) is 18.2 Å². The Hall–Kier alpha value is -1.38. The lowest BCUT2D eigenvalue weighted by atomic mass is 9.78. The molecule has 0 heterocycles. The second-order valence-electron chi connectivity index (χ2n) is 5.84. The minimum atomic E-state index is -0.868. The summed E-state index contributed by atoms with van der Waals surface area (Å²) < 4.78 is 14.4. The molecule has 0 atom stereocenters. The zero-order valence-corrected chi connectivity index (χ0v) is 12.3. The summed E-state index contributed by atoms with van der Waals surface area (Å²) in [6, 6.07) is 5.09. The van der Waals surface area contributed by atoms with E-state index >= 15 is 0 Å². The molecule has 0 aromatic heterocycles. The number of rotatable bonds is 5. The number of carbonyl (C=O) groups is 1. The van der Waals surface area contributed by atoms with Crippen LogP contribution in [0.3, 0.4) is 0 Å². The third-order valence-electron chi connectivity index (χ3n) is 4.84. The van der Waals surface area contributed by atoms with Crippen molar-refractivity contribution in [2.75, 3.05) is 0 Å². The molecule has 20 heavy (non-hydrogen) atoms. The second kappa shape index (κ2) is 5.94. The zero-order chi connectivity index (χ0) is 14.8.